The molecule has 10 nitrogen and oxygen atoms in total. The van der Waals surface area contributed by atoms with Crippen LogP contribution in [0, 0.1) is 0 Å². The zero-order valence-electron chi connectivity index (χ0n) is 22.0. The molecule has 40 heavy (non-hydrogen) atoms. The highest BCUT2D eigenvalue weighted by Crippen LogP contribution is 2.34. The topological polar surface area (TPSA) is 138 Å². The summed E-state index contributed by atoms with van der Waals surface area (Å²) in [6, 6.07) is 16.6. The molecule has 4 aromatic rings. The highest BCUT2D eigenvalue weighted by atomic mass is 32.2. The van der Waals surface area contributed by atoms with Gasteiger partial charge in [-0.2, -0.15) is 4.31 Å². The fourth-order valence-corrected chi connectivity index (χ4v) is 6.66. The van der Waals surface area contributed by atoms with Crippen LogP contribution < -0.4 is 14.8 Å². The molecule has 208 valence electrons. The first-order valence-corrected chi connectivity index (χ1v) is 14.1. The molecule has 0 radical (unpaired) electrons. The molecule has 1 aliphatic rings. The molecule has 1 amide bonds. The number of benzene rings is 3. The first-order valence-electron chi connectivity index (χ1n) is 12.6. The van der Waals surface area contributed by atoms with Gasteiger partial charge in [0.2, 0.25) is 15.9 Å². The Kier molecular flexibility index (Phi) is 7.51. The van der Waals surface area contributed by atoms with Gasteiger partial charge in [0.15, 0.2) is 11.5 Å². The Hall–Kier alpha value is -4.35. The van der Waals surface area contributed by atoms with Gasteiger partial charge in [-0.05, 0) is 41.3 Å². The average Bonchev–Trinajstić information content (AvgIpc) is 3.38. The van der Waals surface area contributed by atoms with E-state index in [1.165, 1.54) is 32.4 Å². The summed E-state index contributed by atoms with van der Waals surface area (Å²) in [5.41, 5.74) is 3.17. The largest absolute Gasteiger partial charge is 0.493 e. The molecule has 2 heterocycles. The first-order chi connectivity index (χ1) is 19.2. The third kappa shape index (κ3) is 5.13. The number of amides is 1. The number of sulfonamides is 1. The van der Waals surface area contributed by atoms with Crippen LogP contribution in [0.1, 0.15) is 16.7 Å². The number of fused-ring (bicyclic) bond motifs is 2. The molecule has 5 rings (SSSR count). The van der Waals surface area contributed by atoms with Crippen molar-refractivity contribution in [3.05, 3.63) is 89.6 Å². The molecule has 0 spiro atoms. The Bertz CT molecular complexity index is 1680. The molecule has 2 atom stereocenters. The number of aromatic amines is 1. The lowest BCUT2D eigenvalue weighted by atomic mass is 9.95. The second-order valence-electron chi connectivity index (χ2n) is 9.52. The van der Waals surface area contributed by atoms with Crippen molar-refractivity contribution < 1.29 is 32.6 Å². The number of nitrogens with one attached hydrogen (secondary N) is 2. The van der Waals surface area contributed by atoms with Gasteiger partial charge in [0.25, 0.3) is 0 Å². The molecule has 1 aromatic heterocycles. The van der Waals surface area contributed by atoms with E-state index in [0.29, 0.717) is 5.75 Å². The minimum absolute atomic E-state index is 0.0246. The highest BCUT2D eigenvalue weighted by molar-refractivity contribution is 7.89. The SMILES string of the molecule is COc1ccc(S(=O)(=O)N2Cc3ccccc3C[C@H]2C(=O)NC(Cc2c[nH]c3ccccc23)C(=O)O)cc1OC. The van der Waals surface area contributed by atoms with Gasteiger partial charge in [-0.3, -0.25) is 4.79 Å². The number of para-hydroxylation sites is 1. The molecule has 0 saturated heterocycles. The lowest BCUT2D eigenvalue weighted by Crippen LogP contribution is -2.55. The molecular weight excluding hydrogens is 534 g/mol. The molecule has 0 bridgehead atoms. The van der Waals surface area contributed by atoms with Crippen molar-refractivity contribution in [2.45, 2.75) is 36.4 Å². The molecule has 3 N–H and O–H groups in total. The summed E-state index contributed by atoms with van der Waals surface area (Å²) in [4.78, 5) is 29.0. The fourth-order valence-electron chi connectivity index (χ4n) is 5.08. The number of aliphatic carboxylic acids is 1. The predicted molar refractivity (Wildman–Crippen MR) is 148 cm³/mol. The Labute approximate surface area is 231 Å². The number of carboxylic acids is 1. The van der Waals surface area contributed by atoms with E-state index in [1.807, 2.05) is 48.5 Å². The van der Waals surface area contributed by atoms with Crippen molar-refractivity contribution in [2.24, 2.45) is 0 Å². The van der Waals surface area contributed by atoms with E-state index in [1.54, 1.807) is 6.20 Å². The van der Waals surface area contributed by atoms with E-state index in [-0.39, 0.29) is 30.0 Å². The van der Waals surface area contributed by atoms with Gasteiger partial charge in [0.05, 0.1) is 19.1 Å². The Morgan fingerprint density at radius 2 is 1.73 bits per heavy atom. The normalized spacial score (nSPS) is 16.2. The van der Waals surface area contributed by atoms with Gasteiger partial charge in [-0.1, -0.05) is 42.5 Å². The number of hydrogen-bond donors (Lipinski definition) is 3. The van der Waals surface area contributed by atoms with E-state index >= 15 is 0 Å². The van der Waals surface area contributed by atoms with Crippen LogP contribution in [0.5, 0.6) is 11.5 Å². The van der Waals surface area contributed by atoms with Gasteiger partial charge in [-0.15, -0.1) is 0 Å². The second-order valence-corrected chi connectivity index (χ2v) is 11.4. The second kappa shape index (κ2) is 11.0. The average molecular weight is 564 g/mol. The number of aromatic nitrogens is 1. The van der Waals surface area contributed by atoms with E-state index in [0.717, 1.165) is 31.9 Å². The smallest absolute Gasteiger partial charge is 0.326 e. The summed E-state index contributed by atoms with van der Waals surface area (Å²) >= 11 is 0. The van der Waals surface area contributed by atoms with Gasteiger partial charge in [0.1, 0.15) is 12.1 Å². The van der Waals surface area contributed by atoms with Gasteiger partial charge >= 0.3 is 5.97 Å². The number of carboxylic acid groups (broad SMARTS) is 1. The van der Waals surface area contributed by atoms with E-state index < -0.39 is 34.0 Å². The van der Waals surface area contributed by atoms with Crippen LogP contribution in [0.2, 0.25) is 0 Å². The number of carbonyl (C=O) groups excluding carboxylic acids is 1. The summed E-state index contributed by atoms with van der Waals surface area (Å²) in [5, 5.41) is 13.4. The van der Waals surface area contributed by atoms with E-state index in [4.69, 9.17) is 9.47 Å². The lowest BCUT2D eigenvalue weighted by Gasteiger charge is -2.35. The van der Waals surface area contributed by atoms with Gasteiger partial charge < -0.3 is 24.9 Å². The van der Waals surface area contributed by atoms with Crippen molar-refractivity contribution >= 4 is 32.8 Å². The quantitative estimate of drug-likeness (QED) is 0.285. The standard InChI is InChI=1S/C29H29N3O7S/c1-38-26-12-11-21(15-27(26)39-2)40(36,37)32-17-19-8-4-3-7-18(19)14-25(32)28(33)31-24(29(34)35)13-20-16-30-23-10-6-5-9-22(20)23/h3-12,15-16,24-25,30H,13-14,17H2,1-2H3,(H,31,33)(H,34,35)/t24?,25-/m0/s1. The number of H-pyrrole nitrogens is 1. The maximum absolute atomic E-state index is 13.9. The van der Waals surface area contributed by atoms with Crippen LogP contribution in [0.4, 0.5) is 0 Å². The molecule has 0 fully saturated rings. The number of ether oxygens (including phenoxy) is 2. The number of rotatable bonds is 9. The van der Waals surface area contributed by atoms with Crippen molar-refractivity contribution in [1.29, 1.82) is 0 Å². The molecule has 11 heteroatoms. The van der Waals surface area contributed by atoms with Gasteiger partial charge in [0, 0.05) is 36.1 Å². The third-order valence-electron chi connectivity index (χ3n) is 7.18. The number of nitrogens with zero attached hydrogens (tertiary/aromatic N) is 1. The molecule has 3 aromatic carbocycles. The van der Waals surface area contributed by atoms with Crippen molar-refractivity contribution in [3.63, 3.8) is 0 Å². The van der Waals surface area contributed by atoms with Crippen LogP contribution in [0.15, 0.2) is 77.8 Å². The van der Waals surface area contributed by atoms with Crippen LogP contribution in [0.25, 0.3) is 10.9 Å². The lowest BCUT2D eigenvalue weighted by molar-refractivity contribution is -0.142. The maximum atomic E-state index is 13.9. The van der Waals surface area contributed by atoms with Crippen LogP contribution in [-0.2, 0) is 39.0 Å². The monoisotopic (exact) mass is 563 g/mol. The fraction of sp³-hybridized carbons (Fsp3) is 0.241. The molecular formula is C29H29N3O7S. The maximum Gasteiger partial charge on any atom is 0.326 e. The predicted octanol–water partition coefficient (Wildman–Crippen LogP) is 3.11. The van der Waals surface area contributed by atoms with E-state index in [2.05, 4.69) is 10.3 Å². The molecule has 0 aliphatic carbocycles. The van der Waals surface area contributed by atoms with Crippen molar-refractivity contribution in [3.8, 4) is 11.5 Å². The summed E-state index contributed by atoms with van der Waals surface area (Å²) < 4.78 is 39.5. The summed E-state index contributed by atoms with van der Waals surface area (Å²) in [6.07, 6.45) is 1.84. The number of carbonyl (C=O) groups is 2. The molecule has 0 saturated carbocycles. The first kappa shape index (κ1) is 27.2. The van der Waals surface area contributed by atoms with Gasteiger partial charge in [-0.25, -0.2) is 13.2 Å². The van der Waals surface area contributed by atoms with Crippen LogP contribution in [0.3, 0.4) is 0 Å². The Balaban J connectivity index is 1.47. The number of methoxy groups -OCH3 is 2. The molecule has 1 unspecified atom stereocenters. The minimum atomic E-state index is -4.21. The Morgan fingerprint density at radius 3 is 2.45 bits per heavy atom. The molecule has 1 aliphatic heterocycles. The zero-order valence-corrected chi connectivity index (χ0v) is 22.8. The van der Waals surface area contributed by atoms with Crippen LogP contribution in [-0.4, -0.2) is 61.0 Å². The van der Waals surface area contributed by atoms with Crippen molar-refractivity contribution in [1.82, 2.24) is 14.6 Å². The third-order valence-corrected chi connectivity index (χ3v) is 9.03. The summed E-state index contributed by atoms with van der Waals surface area (Å²) in [7, 11) is -1.36. The summed E-state index contributed by atoms with van der Waals surface area (Å²) in [6.45, 7) is -0.0505. The number of hydrogen-bond acceptors (Lipinski definition) is 6. The Morgan fingerprint density at radius 1 is 1.02 bits per heavy atom. The van der Waals surface area contributed by atoms with E-state index in [9.17, 15) is 23.1 Å². The zero-order chi connectivity index (χ0) is 28.4. The van der Waals surface area contributed by atoms with Crippen molar-refractivity contribution in [2.75, 3.05) is 14.2 Å². The van der Waals surface area contributed by atoms with Crippen LogP contribution >= 0.6 is 0 Å². The summed E-state index contributed by atoms with van der Waals surface area (Å²) in [5.74, 6) is -1.32. The minimum Gasteiger partial charge on any atom is -0.493 e. The highest BCUT2D eigenvalue weighted by Gasteiger charge is 2.41.